The molecule has 2 aromatic heterocycles. The molecule has 0 aliphatic carbocycles. The predicted molar refractivity (Wildman–Crippen MR) is 119 cm³/mol. The fourth-order valence-corrected chi connectivity index (χ4v) is 3.68. The van der Waals surface area contributed by atoms with E-state index in [9.17, 15) is 9.90 Å². The van der Waals surface area contributed by atoms with Crippen molar-refractivity contribution in [1.29, 1.82) is 0 Å². The van der Waals surface area contributed by atoms with Crippen LogP contribution in [0.5, 0.6) is 0 Å². The van der Waals surface area contributed by atoms with Crippen molar-refractivity contribution in [3.63, 3.8) is 0 Å². The number of carbonyl (C=O) groups is 1. The van der Waals surface area contributed by atoms with Gasteiger partial charge in [0.1, 0.15) is 12.2 Å². The van der Waals surface area contributed by atoms with Gasteiger partial charge in [0.15, 0.2) is 0 Å². The minimum atomic E-state index is -0.983. The van der Waals surface area contributed by atoms with E-state index in [1.54, 1.807) is 18.5 Å². The van der Waals surface area contributed by atoms with Gasteiger partial charge >= 0.3 is 5.97 Å². The Morgan fingerprint density at radius 1 is 1.03 bits per heavy atom. The Hall–Kier alpha value is -4.39. The van der Waals surface area contributed by atoms with Crippen molar-refractivity contribution in [3.8, 4) is 17.1 Å². The third kappa shape index (κ3) is 3.53. The minimum absolute atomic E-state index is 0.212. The molecule has 0 spiro atoms. The van der Waals surface area contributed by atoms with Crippen LogP contribution in [-0.4, -0.2) is 30.6 Å². The van der Waals surface area contributed by atoms with E-state index >= 15 is 0 Å². The summed E-state index contributed by atoms with van der Waals surface area (Å²) in [4.78, 5) is 23.3. The molecule has 3 aromatic carbocycles. The van der Waals surface area contributed by atoms with Gasteiger partial charge in [-0.15, -0.1) is 0 Å². The number of aromatic carboxylic acids is 1. The molecular formula is C24H19N5O2. The van der Waals surface area contributed by atoms with Gasteiger partial charge < -0.3 is 15.4 Å². The number of fused-ring (bicyclic) bond motifs is 1. The Kier molecular flexibility index (Phi) is 4.68. The Balaban J connectivity index is 1.46. The van der Waals surface area contributed by atoms with Gasteiger partial charge in [-0.05, 0) is 42.0 Å². The standard InChI is InChI=1S/C24H19N5O2/c30-24(31)17-10-9-16(13-18(17)23-25-11-12-26-23)14-27-19-5-1-3-7-21(19)29-15-28-20-6-2-4-8-22(20)29/h1-13,15,27H,14H2,(H,25,26)(H,30,31). The zero-order valence-corrected chi connectivity index (χ0v) is 16.5. The molecule has 2 heterocycles. The fourth-order valence-electron chi connectivity index (χ4n) is 3.68. The Bertz CT molecular complexity index is 1370. The zero-order valence-electron chi connectivity index (χ0n) is 16.5. The molecule has 0 unspecified atom stereocenters. The average Bonchev–Trinajstić information content (AvgIpc) is 3.48. The first-order valence-electron chi connectivity index (χ1n) is 9.82. The molecule has 5 rings (SSSR count). The van der Waals surface area contributed by atoms with E-state index in [0.717, 1.165) is 28.0 Å². The first-order valence-corrected chi connectivity index (χ1v) is 9.82. The van der Waals surface area contributed by atoms with E-state index in [1.807, 2.05) is 67.0 Å². The number of nitrogens with one attached hydrogen (secondary N) is 2. The summed E-state index contributed by atoms with van der Waals surface area (Å²) in [6, 6.07) is 21.3. The van der Waals surface area contributed by atoms with E-state index in [0.29, 0.717) is 17.9 Å². The topological polar surface area (TPSA) is 95.8 Å². The maximum absolute atomic E-state index is 11.6. The van der Waals surface area contributed by atoms with Crippen LogP contribution >= 0.6 is 0 Å². The van der Waals surface area contributed by atoms with Gasteiger partial charge in [-0.2, -0.15) is 0 Å². The largest absolute Gasteiger partial charge is 0.478 e. The van der Waals surface area contributed by atoms with Crippen molar-refractivity contribution < 1.29 is 9.90 Å². The molecule has 31 heavy (non-hydrogen) atoms. The van der Waals surface area contributed by atoms with Crippen molar-refractivity contribution in [2.24, 2.45) is 0 Å². The first-order chi connectivity index (χ1) is 15.2. The summed E-state index contributed by atoms with van der Waals surface area (Å²) in [5.74, 6) is -0.451. The summed E-state index contributed by atoms with van der Waals surface area (Å²) in [6.07, 6.45) is 5.11. The lowest BCUT2D eigenvalue weighted by atomic mass is 10.0. The highest BCUT2D eigenvalue weighted by molar-refractivity contribution is 5.95. The van der Waals surface area contributed by atoms with E-state index in [4.69, 9.17) is 0 Å². The number of carboxylic acid groups (broad SMARTS) is 1. The summed E-state index contributed by atoms with van der Waals surface area (Å²) >= 11 is 0. The number of aromatic nitrogens is 4. The minimum Gasteiger partial charge on any atom is -0.478 e. The van der Waals surface area contributed by atoms with Gasteiger partial charge in [0, 0.05) is 24.5 Å². The number of para-hydroxylation sites is 4. The summed E-state index contributed by atoms with van der Waals surface area (Å²) in [6.45, 7) is 0.525. The number of imidazole rings is 2. The van der Waals surface area contributed by atoms with Crippen LogP contribution in [0.15, 0.2) is 85.5 Å². The summed E-state index contributed by atoms with van der Waals surface area (Å²) in [7, 11) is 0. The Morgan fingerprint density at radius 3 is 2.71 bits per heavy atom. The summed E-state index contributed by atoms with van der Waals surface area (Å²) < 4.78 is 2.06. The second-order valence-electron chi connectivity index (χ2n) is 7.10. The molecule has 0 radical (unpaired) electrons. The van der Waals surface area contributed by atoms with Gasteiger partial charge in [0.2, 0.25) is 0 Å². The number of anilines is 1. The maximum atomic E-state index is 11.6. The lowest BCUT2D eigenvalue weighted by molar-refractivity contribution is 0.0697. The third-order valence-corrected chi connectivity index (χ3v) is 5.17. The number of nitrogens with zero attached hydrogens (tertiary/aromatic N) is 3. The molecule has 0 aliphatic heterocycles. The second-order valence-corrected chi connectivity index (χ2v) is 7.10. The molecule has 0 bridgehead atoms. The molecule has 0 atom stereocenters. The van der Waals surface area contributed by atoms with Crippen LogP contribution < -0.4 is 5.32 Å². The molecule has 0 saturated heterocycles. The molecule has 152 valence electrons. The van der Waals surface area contributed by atoms with Gasteiger partial charge in [-0.3, -0.25) is 4.57 Å². The monoisotopic (exact) mass is 409 g/mol. The third-order valence-electron chi connectivity index (χ3n) is 5.17. The number of hydrogen-bond acceptors (Lipinski definition) is 4. The van der Waals surface area contributed by atoms with Crippen molar-refractivity contribution in [2.45, 2.75) is 6.54 Å². The molecule has 7 heteroatoms. The average molecular weight is 409 g/mol. The predicted octanol–water partition coefficient (Wildman–Crippen LogP) is 4.73. The van der Waals surface area contributed by atoms with Gasteiger partial charge in [0.25, 0.3) is 0 Å². The van der Waals surface area contributed by atoms with Crippen LogP contribution in [-0.2, 0) is 6.54 Å². The van der Waals surface area contributed by atoms with Crippen LogP contribution in [0, 0.1) is 0 Å². The maximum Gasteiger partial charge on any atom is 0.336 e. The van der Waals surface area contributed by atoms with Crippen molar-refractivity contribution in [3.05, 3.63) is 96.6 Å². The Morgan fingerprint density at radius 2 is 1.87 bits per heavy atom. The molecule has 0 saturated carbocycles. The highest BCUT2D eigenvalue weighted by atomic mass is 16.4. The lowest BCUT2D eigenvalue weighted by Crippen LogP contribution is -2.06. The quantitative estimate of drug-likeness (QED) is 0.377. The molecule has 7 nitrogen and oxygen atoms in total. The van der Waals surface area contributed by atoms with Crippen LogP contribution in [0.2, 0.25) is 0 Å². The molecule has 0 aliphatic rings. The van der Waals surface area contributed by atoms with Gasteiger partial charge in [-0.1, -0.05) is 30.3 Å². The fraction of sp³-hybridized carbons (Fsp3) is 0.0417. The van der Waals surface area contributed by atoms with E-state index in [1.165, 1.54) is 0 Å². The molecule has 0 amide bonds. The molecule has 3 N–H and O–H groups in total. The van der Waals surface area contributed by atoms with E-state index in [2.05, 4.69) is 24.8 Å². The molecular weight excluding hydrogens is 390 g/mol. The first kappa shape index (κ1) is 18.6. The van der Waals surface area contributed by atoms with Crippen LogP contribution in [0.4, 0.5) is 5.69 Å². The smallest absolute Gasteiger partial charge is 0.336 e. The molecule has 0 fully saturated rings. The van der Waals surface area contributed by atoms with Crippen molar-refractivity contribution in [1.82, 2.24) is 19.5 Å². The number of carboxylic acids is 1. The van der Waals surface area contributed by atoms with E-state index in [-0.39, 0.29) is 5.56 Å². The lowest BCUT2D eigenvalue weighted by Gasteiger charge is -2.14. The highest BCUT2D eigenvalue weighted by Gasteiger charge is 2.15. The SMILES string of the molecule is O=C(O)c1ccc(CNc2ccccc2-n2cnc3ccccc32)cc1-c1ncc[nH]1. The van der Waals surface area contributed by atoms with Crippen LogP contribution in [0.1, 0.15) is 15.9 Å². The number of aromatic amines is 1. The summed E-state index contributed by atoms with van der Waals surface area (Å²) in [5.41, 5.74) is 5.63. The normalized spacial score (nSPS) is 11.0. The van der Waals surface area contributed by atoms with Crippen LogP contribution in [0.25, 0.3) is 28.1 Å². The number of H-pyrrole nitrogens is 1. The summed E-state index contributed by atoms with van der Waals surface area (Å²) in [5, 5.41) is 13.0. The van der Waals surface area contributed by atoms with Crippen molar-refractivity contribution in [2.75, 3.05) is 5.32 Å². The Labute approximate surface area is 178 Å². The van der Waals surface area contributed by atoms with Gasteiger partial charge in [-0.25, -0.2) is 14.8 Å². The van der Waals surface area contributed by atoms with Crippen molar-refractivity contribution >= 4 is 22.7 Å². The highest BCUT2D eigenvalue weighted by Crippen LogP contribution is 2.26. The number of rotatable bonds is 6. The number of hydrogen-bond donors (Lipinski definition) is 3. The van der Waals surface area contributed by atoms with E-state index < -0.39 is 5.97 Å². The molecule has 5 aromatic rings. The van der Waals surface area contributed by atoms with Gasteiger partial charge in [0.05, 0.1) is 28.0 Å². The van der Waals surface area contributed by atoms with Crippen LogP contribution in [0.3, 0.4) is 0 Å². The second kappa shape index (κ2) is 7.79. The zero-order chi connectivity index (χ0) is 21.2. The number of benzene rings is 3.